The van der Waals surface area contributed by atoms with Gasteiger partial charge >= 0.3 is 0 Å². The molecule has 3 aromatic rings. The maximum absolute atomic E-state index is 13.4. The number of hydrogen-bond acceptors (Lipinski definition) is 3. The summed E-state index contributed by atoms with van der Waals surface area (Å²) in [4.78, 5) is 4.56. The van der Waals surface area contributed by atoms with Crippen molar-refractivity contribution in [1.82, 2.24) is 9.38 Å². The molecule has 1 aromatic carbocycles. The van der Waals surface area contributed by atoms with Gasteiger partial charge in [0, 0.05) is 24.7 Å². The van der Waals surface area contributed by atoms with Crippen LogP contribution >= 0.6 is 0 Å². The number of fused-ring (bicyclic) bond motifs is 1. The summed E-state index contributed by atoms with van der Waals surface area (Å²) in [6.07, 6.45) is 2.01. The summed E-state index contributed by atoms with van der Waals surface area (Å²) in [6, 6.07) is 10.8. The molecule has 0 aliphatic rings. The molecule has 0 atom stereocenters. The zero-order valence-electron chi connectivity index (χ0n) is 11.7. The molecule has 0 unspecified atom stereocenters. The second-order valence-corrected chi connectivity index (χ2v) is 4.77. The molecule has 4 nitrogen and oxygen atoms in total. The first-order valence-electron chi connectivity index (χ1n) is 6.70. The molecule has 2 aromatic heterocycles. The number of rotatable bonds is 4. The fourth-order valence-corrected chi connectivity index (χ4v) is 2.50. The van der Waals surface area contributed by atoms with E-state index in [-0.39, 0.29) is 5.82 Å². The third kappa shape index (κ3) is 2.48. The zero-order valence-corrected chi connectivity index (χ0v) is 11.7. The maximum Gasteiger partial charge on any atom is 0.139 e. The van der Waals surface area contributed by atoms with E-state index in [9.17, 15) is 4.39 Å². The van der Waals surface area contributed by atoms with Crippen LogP contribution in [0.15, 0.2) is 42.6 Å². The third-order valence-corrected chi connectivity index (χ3v) is 3.51. The second-order valence-electron chi connectivity index (χ2n) is 4.77. The van der Waals surface area contributed by atoms with Crippen LogP contribution in [-0.2, 0) is 13.0 Å². The first-order valence-corrected chi connectivity index (χ1v) is 6.70. The normalized spacial score (nSPS) is 11.0. The topological polar surface area (TPSA) is 52.5 Å². The molecule has 0 aliphatic heterocycles. The lowest BCUT2D eigenvalue weighted by Gasteiger charge is -2.07. The molecule has 0 saturated carbocycles. The largest absolute Gasteiger partial charge is 0.496 e. The predicted octanol–water partition coefficient (Wildman–Crippen LogP) is 2.53. The van der Waals surface area contributed by atoms with Crippen LogP contribution in [0.5, 0.6) is 5.75 Å². The van der Waals surface area contributed by atoms with Gasteiger partial charge in [0.1, 0.15) is 17.2 Å². The van der Waals surface area contributed by atoms with E-state index in [4.69, 9.17) is 10.5 Å². The van der Waals surface area contributed by atoms with Gasteiger partial charge in [-0.1, -0.05) is 18.2 Å². The molecule has 0 amide bonds. The number of methoxy groups -OCH3 is 1. The van der Waals surface area contributed by atoms with Crippen molar-refractivity contribution in [2.24, 2.45) is 5.73 Å². The number of benzene rings is 1. The number of pyridine rings is 1. The van der Waals surface area contributed by atoms with Crippen LogP contribution in [0.4, 0.5) is 4.39 Å². The first kappa shape index (κ1) is 13.6. The number of nitrogens with two attached hydrogens (primary N) is 1. The molecule has 0 radical (unpaired) electrons. The molecule has 5 heteroatoms. The van der Waals surface area contributed by atoms with Gasteiger partial charge in [-0.05, 0) is 18.2 Å². The maximum atomic E-state index is 13.4. The van der Waals surface area contributed by atoms with Crippen LogP contribution < -0.4 is 10.5 Å². The number of imidazole rings is 1. The lowest BCUT2D eigenvalue weighted by Crippen LogP contribution is -2.05. The number of para-hydroxylation sites is 1. The molecule has 0 fully saturated rings. The number of aromatic nitrogens is 2. The van der Waals surface area contributed by atoms with E-state index >= 15 is 0 Å². The van der Waals surface area contributed by atoms with Crippen LogP contribution in [0, 0.1) is 5.82 Å². The van der Waals surface area contributed by atoms with Crippen molar-refractivity contribution in [3.63, 3.8) is 0 Å². The second kappa shape index (κ2) is 5.54. The molecule has 0 saturated heterocycles. The van der Waals surface area contributed by atoms with Crippen LogP contribution in [0.2, 0.25) is 0 Å². The average molecular weight is 285 g/mol. The standard InChI is InChI=1S/C16H16FN3O/c1-21-15-5-3-2-4-11(15)8-13-14(9-18)20-10-12(17)6-7-16(20)19-13/h2-7,10H,8-9,18H2,1H3. The van der Waals surface area contributed by atoms with Gasteiger partial charge < -0.3 is 10.5 Å². The van der Waals surface area contributed by atoms with Crippen molar-refractivity contribution < 1.29 is 9.13 Å². The van der Waals surface area contributed by atoms with Gasteiger partial charge in [0.25, 0.3) is 0 Å². The molecular formula is C16H16FN3O. The predicted molar refractivity (Wildman–Crippen MR) is 78.8 cm³/mol. The van der Waals surface area contributed by atoms with E-state index in [1.54, 1.807) is 17.6 Å². The van der Waals surface area contributed by atoms with Crippen molar-refractivity contribution in [3.05, 3.63) is 65.4 Å². The van der Waals surface area contributed by atoms with Gasteiger partial charge in [0.2, 0.25) is 0 Å². The SMILES string of the molecule is COc1ccccc1Cc1nc2ccc(F)cn2c1CN. The summed E-state index contributed by atoms with van der Waals surface area (Å²) in [6.45, 7) is 0.301. The van der Waals surface area contributed by atoms with Gasteiger partial charge in [-0.2, -0.15) is 0 Å². The van der Waals surface area contributed by atoms with E-state index in [1.807, 2.05) is 24.3 Å². The van der Waals surface area contributed by atoms with E-state index in [0.29, 0.717) is 18.6 Å². The highest BCUT2D eigenvalue weighted by molar-refractivity contribution is 5.46. The Balaban J connectivity index is 2.08. The van der Waals surface area contributed by atoms with Crippen LogP contribution in [0.1, 0.15) is 17.0 Å². The smallest absolute Gasteiger partial charge is 0.139 e. The fraction of sp³-hybridized carbons (Fsp3) is 0.188. The van der Waals surface area contributed by atoms with E-state index in [2.05, 4.69) is 4.98 Å². The van der Waals surface area contributed by atoms with E-state index < -0.39 is 0 Å². The Morgan fingerprint density at radius 1 is 1.24 bits per heavy atom. The van der Waals surface area contributed by atoms with Crippen molar-refractivity contribution >= 4 is 5.65 Å². The Kier molecular flexibility index (Phi) is 3.58. The van der Waals surface area contributed by atoms with Gasteiger partial charge in [0.05, 0.1) is 18.5 Å². The minimum atomic E-state index is -0.307. The summed E-state index contributed by atoms with van der Waals surface area (Å²) in [5.41, 5.74) is 9.20. The van der Waals surface area contributed by atoms with Gasteiger partial charge in [0.15, 0.2) is 0 Å². The quantitative estimate of drug-likeness (QED) is 0.801. The highest BCUT2D eigenvalue weighted by Gasteiger charge is 2.13. The highest BCUT2D eigenvalue weighted by Crippen LogP contribution is 2.23. The van der Waals surface area contributed by atoms with Crippen LogP contribution in [0.3, 0.4) is 0 Å². The van der Waals surface area contributed by atoms with Crippen LogP contribution in [0.25, 0.3) is 5.65 Å². The van der Waals surface area contributed by atoms with Crippen molar-refractivity contribution in [2.45, 2.75) is 13.0 Å². The Morgan fingerprint density at radius 2 is 2.05 bits per heavy atom. The van der Waals surface area contributed by atoms with Crippen molar-refractivity contribution in [3.8, 4) is 5.75 Å². The molecule has 0 bridgehead atoms. The Morgan fingerprint density at radius 3 is 2.81 bits per heavy atom. The van der Waals surface area contributed by atoms with Gasteiger partial charge in [-0.3, -0.25) is 4.40 Å². The van der Waals surface area contributed by atoms with Crippen LogP contribution in [-0.4, -0.2) is 16.5 Å². The zero-order chi connectivity index (χ0) is 14.8. The van der Waals surface area contributed by atoms with Crippen molar-refractivity contribution in [2.75, 3.05) is 7.11 Å². The lowest BCUT2D eigenvalue weighted by molar-refractivity contribution is 0.410. The summed E-state index contributed by atoms with van der Waals surface area (Å²) < 4.78 is 20.5. The Bertz CT molecular complexity index is 782. The average Bonchev–Trinajstić information content (AvgIpc) is 2.84. The van der Waals surface area contributed by atoms with E-state index in [1.165, 1.54) is 12.3 Å². The van der Waals surface area contributed by atoms with Gasteiger partial charge in [-0.15, -0.1) is 0 Å². The molecule has 2 N–H and O–H groups in total. The number of nitrogens with zero attached hydrogens (tertiary/aromatic N) is 2. The highest BCUT2D eigenvalue weighted by atomic mass is 19.1. The number of ether oxygens (including phenoxy) is 1. The Hall–Kier alpha value is -2.40. The summed E-state index contributed by atoms with van der Waals surface area (Å²) in [5, 5.41) is 0. The van der Waals surface area contributed by atoms with Gasteiger partial charge in [-0.25, -0.2) is 9.37 Å². The monoisotopic (exact) mass is 285 g/mol. The molecule has 3 rings (SSSR count). The molecule has 108 valence electrons. The molecule has 21 heavy (non-hydrogen) atoms. The minimum absolute atomic E-state index is 0.301. The lowest BCUT2D eigenvalue weighted by atomic mass is 10.1. The number of hydrogen-bond donors (Lipinski definition) is 1. The van der Waals surface area contributed by atoms with Crippen molar-refractivity contribution in [1.29, 1.82) is 0 Å². The minimum Gasteiger partial charge on any atom is -0.496 e. The summed E-state index contributed by atoms with van der Waals surface area (Å²) in [5.74, 6) is 0.502. The Labute approximate surface area is 122 Å². The number of halogens is 1. The first-order chi connectivity index (χ1) is 10.2. The summed E-state index contributed by atoms with van der Waals surface area (Å²) >= 11 is 0. The molecule has 0 aliphatic carbocycles. The summed E-state index contributed by atoms with van der Waals surface area (Å²) in [7, 11) is 1.64. The molecule has 0 spiro atoms. The fourth-order valence-electron chi connectivity index (χ4n) is 2.50. The molecular weight excluding hydrogens is 269 g/mol. The third-order valence-electron chi connectivity index (χ3n) is 3.51. The van der Waals surface area contributed by atoms with E-state index in [0.717, 1.165) is 22.7 Å². The molecule has 2 heterocycles.